The number of hydrazone groups is 1. The van der Waals surface area contributed by atoms with Gasteiger partial charge < -0.3 is 9.73 Å². The number of nitro benzene ring substituents is 1. The van der Waals surface area contributed by atoms with Crippen LogP contribution >= 0.6 is 11.8 Å². The number of H-pyrrole nitrogens is 1. The van der Waals surface area contributed by atoms with Gasteiger partial charge in [-0.05, 0) is 36.8 Å². The Bertz CT molecular complexity index is 999. The number of non-ortho nitro benzene ring substituents is 1. The summed E-state index contributed by atoms with van der Waals surface area (Å²) in [5.74, 6) is 0.972. The molecular formula is C17H17N7O4S. The number of nitro groups is 1. The third-order valence-electron chi connectivity index (χ3n) is 3.66. The predicted octanol–water partition coefficient (Wildman–Crippen LogP) is 2.55. The van der Waals surface area contributed by atoms with Crippen LogP contribution in [0, 0.1) is 10.1 Å². The molecule has 3 rings (SSSR count). The van der Waals surface area contributed by atoms with E-state index in [0.29, 0.717) is 29.1 Å². The third kappa shape index (κ3) is 5.90. The highest BCUT2D eigenvalue weighted by atomic mass is 32.2. The normalized spacial score (nSPS) is 11.3. The first kappa shape index (κ1) is 20.1. The summed E-state index contributed by atoms with van der Waals surface area (Å²) in [7, 11) is 0. The van der Waals surface area contributed by atoms with Crippen molar-refractivity contribution in [1.82, 2.24) is 20.5 Å². The van der Waals surface area contributed by atoms with Crippen molar-refractivity contribution in [2.24, 2.45) is 5.10 Å². The van der Waals surface area contributed by atoms with E-state index in [-0.39, 0.29) is 17.3 Å². The first-order chi connectivity index (χ1) is 14.0. The molecule has 1 amide bonds. The molecule has 11 nitrogen and oxygen atoms in total. The molecule has 0 bridgehead atoms. The second-order valence-corrected chi connectivity index (χ2v) is 6.67. The fourth-order valence-electron chi connectivity index (χ4n) is 2.17. The summed E-state index contributed by atoms with van der Waals surface area (Å²) in [5.41, 5.74) is 4.09. The van der Waals surface area contributed by atoms with Crippen molar-refractivity contribution in [2.45, 2.75) is 18.6 Å². The number of furan rings is 1. The van der Waals surface area contributed by atoms with Gasteiger partial charge in [0.05, 0.1) is 29.2 Å². The zero-order chi connectivity index (χ0) is 20.6. The number of nitrogens with one attached hydrogen (secondary N) is 3. The Morgan fingerprint density at radius 3 is 2.83 bits per heavy atom. The fraction of sp³-hybridized carbons (Fsp3) is 0.176. The molecule has 150 valence electrons. The molecule has 29 heavy (non-hydrogen) atoms. The van der Waals surface area contributed by atoms with Crippen LogP contribution in [0.15, 0.2) is 57.3 Å². The Morgan fingerprint density at radius 2 is 2.14 bits per heavy atom. The van der Waals surface area contributed by atoms with E-state index >= 15 is 0 Å². The zero-order valence-corrected chi connectivity index (χ0v) is 16.1. The summed E-state index contributed by atoms with van der Waals surface area (Å²) < 4.78 is 5.14. The number of amides is 1. The number of hydrogen-bond acceptors (Lipinski definition) is 9. The monoisotopic (exact) mass is 415 g/mol. The largest absolute Gasteiger partial charge is 0.467 e. The number of anilines is 1. The summed E-state index contributed by atoms with van der Waals surface area (Å²) in [6.07, 6.45) is 1.55. The molecule has 0 aliphatic carbocycles. The Balaban J connectivity index is 1.47. The molecule has 1 aromatic carbocycles. The lowest BCUT2D eigenvalue weighted by molar-refractivity contribution is -0.384. The van der Waals surface area contributed by atoms with Crippen LogP contribution in [-0.2, 0) is 11.3 Å². The zero-order valence-electron chi connectivity index (χ0n) is 15.3. The molecule has 2 heterocycles. The molecule has 0 aliphatic rings. The predicted molar refractivity (Wildman–Crippen MR) is 107 cm³/mol. The molecule has 2 aromatic heterocycles. The number of carbonyl (C=O) groups excluding carboxylic acids is 1. The number of carbonyl (C=O) groups is 1. The summed E-state index contributed by atoms with van der Waals surface area (Å²) in [4.78, 5) is 26.3. The van der Waals surface area contributed by atoms with Gasteiger partial charge in [-0.25, -0.2) is 10.5 Å². The highest BCUT2D eigenvalue weighted by molar-refractivity contribution is 7.99. The Morgan fingerprint density at radius 1 is 1.34 bits per heavy atom. The van der Waals surface area contributed by atoms with Gasteiger partial charge in [-0.3, -0.25) is 14.9 Å². The molecule has 3 N–H and O–H groups in total. The minimum Gasteiger partial charge on any atom is -0.467 e. The summed E-state index contributed by atoms with van der Waals surface area (Å²) >= 11 is 1.17. The molecule has 12 heteroatoms. The minimum atomic E-state index is -0.459. The highest BCUT2D eigenvalue weighted by Crippen LogP contribution is 2.15. The molecule has 0 spiro atoms. The van der Waals surface area contributed by atoms with Crippen molar-refractivity contribution < 1.29 is 14.1 Å². The molecular weight excluding hydrogens is 398 g/mol. The van der Waals surface area contributed by atoms with E-state index < -0.39 is 4.92 Å². The number of aromatic nitrogens is 3. The lowest BCUT2D eigenvalue weighted by Crippen LogP contribution is -2.24. The molecule has 0 radical (unpaired) electrons. The van der Waals surface area contributed by atoms with Gasteiger partial charge >= 0.3 is 0 Å². The SMILES string of the molecule is C/C(=N\Nc1nc(SCC(=O)NCc2ccco2)n[nH]1)c1ccc([N+](=O)[O-])cc1. The summed E-state index contributed by atoms with van der Waals surface area (Å²) in [5, 5.41) is 24.7. The number of rotatable bonds is 9. The van der Waals surface area contributed by atoms with Gasteiger partial charge in [0.1, 0.15) is 5.76 Å². The van der Waals surface area contributed by atoms with E-state index in [2.05, 4.69) is 31.0 Å². The maximum Gasteiger partial charge on any atom is 0.269 e. The quantitative estimate of drug-likeness (QED) is 0.209. The summed E-state index contributed by atoms with van der Waals surface area (Å²) in [6, 6.07) is 9.58. The highest BCUT2D eigenvalue weighted by Gasteiger charge is 2.09. The number of benzene rings is 1. The van der Waals surface area contributed by atoms with Gasteiger partial charge in [0.15, 0.2) is 0 Å². The minimum absolute atomic E-state index is 0.0135. The van der Waals surface area contributed by atoms with Gasteiger partial charge in [0.25, 0.3) is 5.69 Å². The average Bonchev–Trinajstić information content (AvgIpc) is 3.41. The Kier molecular flexibility index (Phi) is 6.58. The lowest BCUT2D eigenvalue weighted by atomic mass is 10.1. The topological polar surface area (TPSA) is 151 Å². The van der Waals surface area contributed by atoms with Crippen LogP contribution in [0.4, 0.5) is 11.6 Å². The Hall–Kier alpha value is -3.67. The molecule has 0 saturated carbocycles. The lowest BCUT2D eigenvalue weighted by Gasteiger charge is -2.01. The molecule has 0 fully saturated rings. The van der Waals surface area contributed by atoms with Crippen molar-refractivity contribution in [3.05, 3.63) is 64.1 Å². The van der Waals surface area contributed by atoms with Crippen molar-refractivity contribution in [1.29, 1.82) is 0 Å². The van der Waals surface area contributed by atoms with E-state index in [1.54, 1.807) is 37.5 Å². The van der Waals surface area contributed by atoms with E-state index in [1.807, 2.05) is 0 Å². The van der Waals surface area contributed by atoms with Gasteiger partial charge in [-0.2, -0.15) is 10.1 Å². The van der Waals surface area contributed by atoms with Crippen LogP contribution < -0.4 is 10.7 Å². The molecule has 0 atom stereocenters. The van der Waals surface area contributed by atoms with Crippen molar-refractivity contribution >= 4 is 35.0 Å². The second-order valence-electron chi connectivity index (χ2n) is 5.72. The fourth-order valence-corrected chi connectivity index (χ4v) is 2.79. The van der Waals surface area contributed by atoms with E-state index in [9.17, 15) is 14.9 Å². The standard InChI is InChI=1S/C17H17N7O4S/c1-11(12-4-6-13(7-5-12)24(26)27)20-21-16-19-17(23-22-16)29-10-15(25)18-9-14-3-2-8-28-14/h2-8H,9-10H2,1H3,(H,18,25)(H2,19,21,22,23)/b20-11+. The molecule has 0 aliphatic heterocycles. The van der Waals surface area contributed by atoms with Crippen LogP contribution in [0.1, 0.15) is 18.2 Å². The Labute approximate surface area is 169 Å². The number of hydrogen-bond donors (Lipinski definition) is 3. The average molecular weight is 415 g/mol. The van der Waals surface area contributed by atoms with Crippen molar-refractivity contribution in [3.63, 3.8) is 0 Å². The van der Waals surface area contributed by atoms with Crippen LogP contribution in [0.25, 0.3) is 0 Å². The summed E-state index contributed by atoms with van der Waals surface area (Å²) in [6.45, 7) is 2.08. The van der Waals surface area contributed by atoms with E-state index in [1.165, 1.54) is 23.9 Å². The van der Waals surface area contributed by atoms with Crippen LogP contribution in [0.5, 0.6) is 0 Å². The first-order valence-electron chi connectivity index (χ1n) is 8.40. The van der Waals surface area contributed by atoms with E-state index in [0.717, 1.165) is 5.56 Å². The maximum atomic E-state index is 11.8. The van der Waals surface area contributed by atoms with Gasteiger partial charge in [0, 0.05) is 12.1 Å². The van der Waals surface area contributed by atoms with E-state index in [4.69, 9.17) is 4.42 Å². The van der Waals surface area contributed by atoms with Crippen LogP contribution in [-0.4, -0.2) is 37.5 Å². The number of thioether (sulfide) groups is 1. The molecule has 3 aromatic rings. The smallest absolute Gasteiger partial charge is 0.269 e. The molecule has 0 saturated heterocycles. The number of aromatic amines is 1. The molecule has 0 unspecified atom stereocenters. The van der Waals surface area contributed by atoms with Crippen LogP contribution in [0.3, 0.4) is 0 Å². The van der Waals surface area contributed by atoms with Gasteiger partial charge in [-0.15, -0.1) is 5.10 Å². The first-order valence-corrected chi connectivity index (χ1v) is 9.39. The third-order valence-corrected chi connectivity index (χ3v) is 4.51. The van der Waals surface area contributed by atoms with Crippen LogP contribution in [0.2, 0.25) is 0 Å². The van der Waals surface area contributed by atoms with Gasteiger partial charge in [0.2, 0.25) is 17.0 Å². The second kappa shape index (κ2) is 9.50. The maximum absolute atomic E-state index is 11.8. The number of nitrogens with zero attached hydrogens (tertiary/aromatic N) is 4. The van der Waals surface area contributed by atoms with Crippen molar-refractivity contribution in [2.75, 3.05) is 11.2 Å². The van der Waals surface area contributed by atoms with Crippen molar-refractivity contribution in [3.8, 4) is 0 Å². The van der Waals surface area contributed by atoms with Gasteiger partial charge in [-0.1, -0.05) is 11.8 Å².